The van der Waals surface area contributed by atoms with Crippen LogP contribution in [0.15, 0.2) is 60.0 Å². The van der Waals surface area contributed by atoms with Crippen LogP contribution in [0.4, 0.5) is 0 Å². The summed E-state index contributed by atoms with van der Waals surface area (Å²) < 4.78 is 0. The third kappa shape index (κ3) is 3.33. The number of fused-ring (bicyclic) bond motifs is 1. The van der Waals surface area contributed by atoms with E-state index in [2.05, 4.69) is 71.9 Å². The van der Waals surface area contributed by atoms with Crippen molar-refractivity contribution in [3.05, 3.63) is 71.1 Å². The normalized spacial score (nSPS) is 11.3. The van der Waals surface area contributed by atoms with E-state index in [1.807, 2.05) is 11.3 Å². The average Bonchev–Trinajstić information content (AvgIpc) is 3.26. The summed E-state index contributed by atoms with van der Waals surface area (Å²) in [6.45, 7) is 2.91. The Morgan fingerprint density at radius 3 is 2.54 bits per heavy atom. The third-order valence-corrected chi connectivity index (χ3v) is 5.94. The van der Waals surface area contributed by atoms with Crippen molar-refractivity contribution in [2.45, 2.75) is 26.2 Å². The smallest absolute Gasteiger partial charge is 0.0598 e. The van der Waals surface area contributed by atoms with Crippen molar-refractivity contribution in [2.24, 2.45) is 5.73 Å². The van der Waals surface area contributed by atoms with E-state index in [9.17, 15) is 0 Å². The first-order valence-electron chi connectivity index (χ1n) is 9.22. The minimum absolute atomic E-state index is 0.755. The SMILES string of the molecule is Cc1csc(-c2[nH]c3ccc(-c4ccccc4)cc3c2CCCCN)c1. The number of nitrogens with one attached hydrogen (secondary N) is 1. The molecular formula is C23H24N2S. The zero-order valence-corrected chi connectivity index (χ0v) is 15.9. The minimum atomic E-state index is 0.755. The molecule has 132 valence electrons. The number of unbranched alkanes of at least 4 members (excludes halogenated alkanes) is 1. The Kier molecular flexibility index (Phi) is 4.91. The fourth-order valence-corrected chi connectivity index (χ4v) is 4.46. The van der Waals surface area contributed by atoms with Gasteiger partial charge in [0.15, 0.2) is 0 Å². The lowest BCUT2D eigenvalue weighted by molar-refractivity contribution is 0.748. The number of aromatic amines is 1. The molecule has 0 spiro atoms. The molecule has 0 radical (unpaired) electrons. The lowest BCUT2D eigenvalue weighted by atomic mass is 9.99. The van der Waals surface area contributed by atoms with Gasteiger partial charge in [-0.3, -0.25) is 0 Å². The highest BCUT2D eigenvalue weighted by molar-refractivity contribution is 7.13. The van der Waals surface area contributed by atoms with Crippen LogP contribution in [-0.2, 0) is 6.42 Å². The molecule has 2 aromatic carbocycles. The molecule has 0 bridgehead atoms. The Hall–Kier alpha value is -2.36. The van der Waals surface area contributed by atoms with Gasteiger partial charge in [0.05, 0.1) is 10.6 Å². The van der Waals surface area contributed by atoms with Gasteiger partial charge in [0.25, 0.3) is 0 Å². The van der Waals surface area contributed by atoms with E-state index >= 15 is 0 Å². The van der Waals surface area contributed by atoms with Gasteiger partial charge in [0.2, 0.25) is 0 Å². The van der Waals surface area contributed by atoms with Crippen molar-refractivity contribution in [1.29, 1.82) is 0 Å². The largest absolute Gasteiger partial charge is 0.354 e. The zero-order valence-electron chi connectivity index (χ0n) is 15.1. The molecule has 0 unspecified atom stereocenters. The molecule has 0 saturated carbocycles. The molecule has 2 aromatic heterocycles. The van der Waals surface area contributed by atoms with E-state index in [-0.39, 0.29) is 0 Å². The molecule has 26 heavy (non-hydrogen) atoms. The minimum Gasteiger partial charge on any atom is -0.354 e. The van der Waals surface area contributed by atoms with E-state index < -0.39 is 0 Å². The molecule has 0 atom stereocenters. The molecule has 2 nitrogen and oxygen atoms in total. The summed E-state index contributed by atoms with van der Waals surface area (Å²) in [6.07, 6.45) is 3.24. The number of rotatable bonds is 6. The average molecular weight is 361 g/mol. The van der Waals surface area contributed by atoms with Gasteiger partial charge in [-0.2, -0.15) is 0 Å². The Labute approximate surface area is 158 Å². The number of hydrogen-bond donors (Lipinski definition) is 2. The van der Waals surface area contributed by atoms with Gasteiger partial charge in [-0.15, -0.1) is 11.3 Å². The number of H-pyrrole nitrogens is 1. The van der Waals surface area contributed by atoms with E-state index in [1.165, 1.54) is 43.7 Å². The fourth-order valence-electron chi connectivity index (χ4n) is 3.54. The number of benzene rings is 2. The molecule has 4 rings (SSSR count). The van der Waals surface area contributed by atoms with Gasteiger partial charge in [-0.1, -0.05) is 36.4 Å². The second-order valence-electron chi connectivity index (χ2n) is 6.84. The predicted molar refractivity (Wildman–Crippen MR) is 114 cm³/mol. The molecule has 3 N–H and O–H groups in total. The van der Waals surface area contributed by atoms with Crippen LogP contribution < -0.4 is 5.73 Å². The summed E-state index contributed by atoms with van der Waals surface area (Å²) in [6, 6.07) is 19.6. The van der Waals surface area contributed by atoms with Gasteiger partial charge >= 0.3 is 0 Å². The summed E-state index contributed by atoms with van der Waals surface area (Å²) in [5.74, 6) is 0. The zero-order chi connectivity index (χ0) is 17.9. The number of hydrogen-bond acceptors (Lipinski definition) is 2. The maximum absolute atomic E-state index is 5.73. The first-order chi connectivity index (χ1) is 12.8. The fraction of sp³-hybridized carbons (Fsp3) is 0.217. The van der Waals surface area contributed by atoms with Crippen LogP contribution in [0.3, 0.4) is 0 Å². The van der Waals surface area contributed by atoms with Crippen molar-refractivity contribution in [2.75, 3.05) is 6.54 Å². The highest BCUT2D eigenvalue weighted by Gasteiger charge is 2.15. The predicted octanol–water partition coefficient (Wildman–Crippen LogP) is 6.15. The van der Waals surface area contributed by atoms with Gasteiger partial charge in [0, 0.05) is 10.9 Å². The number of aromatic nitrogens is 1. The molecule has 0 aliphatic rings. The van der Waals surface area contributed by atoms with Crippen LogP contribution in [0.2, 0.25) is 0 Å². The maximum Gasteiger partial charge on any atom is 0.0598 e. The van der Waals surface area contributed by atoms with E-state index in [0.717, 1.165) is 25.8 Å². The quantitative estimate of drug-likeness (QED) is 0.398. The Balaban J connectivity index is 1.84. The highest BCUT2D eigenvalue weighted by atomic mass is 32.1. The second-order valence-corrected chi connectivity index (χ2v) is 7.75. The van der Waals surface area contributed by atoms with Crippen LogP contribution in [0, 0.1) is 6.92 Å². The number of aryl methyl sites for hydroxylation is 2. The van der Waals surface area contributed by atoms with E-state index in [1.54, 1.807) is 0 Å². The summed E-state index contributed by atoms with van der Waals surface area (Å²) in [7, 11) is 0. The lowest BCUT2D eigenvalue weighted by Crippen LogP contribution is -1.99. The lowest BCUT2D eigenvalue weighted by Gasteiger charge is -2.05. The van der Waals surface area contributed by atoms with Crippen molar-refractivity contribution in [3.63, 3.8) is 0 Å². The summed E-state index contributed by atoms with van der Waals surface area (Å²) in [5.41, 5.74) is 13.5. The van der Waals surface area contributed by atoms with Crippen molar-refractivity contribution in [1.82, 2.24) is 4.98 Å². The second kappa shape index (κ2) is 7.48. The molecule has 3 heteroatoms. The van der Waals surface area contributed by atoms with Crippen LogP contribution in [0.25, 0.3) is 32.6 Å². The monoisotopic (exact) mass is 360 g/mol. The molecule has 0 fully saturated rings. The molecule has 0 saturated heterocycles. The molecular weight excluding hydrogens is 336 g/mol. The van der Waals surface area contributed by atoms with Crippen LogP contribution in [0.5, 0.6) is 0 Å². The molecule has 4 aromatic rings. The number of nitrogens with two attached hydrogens (primary N) is 1. The Morgan fingerprint density at radius 1 is 0.962 bits per heavy atom. The van der Waals surface area contributed by atoms with Gasteiger partial charge in [-0.05, 0) is 78.6 Å². The van der Waals surface area contributed by atoms with Crippen molar-refractivity contribution < 1.29 is 0 Å². The van der Waals surface area contributed by atoms with Crippen LogP contribution in [0.1, 0.15) is 24.0 Å². The highest BCUT2D eigenvalue weighted by Crippen LogP contribution is 2.36. The first kappa shape index (κ1) is 17.1. The topological polar surface area (TPSA) is 41.8 Å². The maximum atomic E-state index is 5.73. The van der Waals surface area contributed by atoms with Crippen LogP contribution >= 0.6 is 11.3 Å². The Morgan fingerprint density at radius 2 is 1.81 bits per heavy atom. The van der Waals surface area contributed by atoms with Gasteiger partial charge < -0.3 is 10.7 Å². The third-order valence-electron chi connectivity index (χ3n) is 4.87. The van der Waals surface area contributed by atoms with Crippen molar-refractivity contribution >= 4 is 22.2 Å². The summed E-state index contributed by atoms with van der Waals surface area (Å²) >= 11 is 1.82. The number of thiophene rings is 1. The van der Waals surface area contributed by atoms with Crippen LogP contribution in [-0.4, -0.2) is 11.5 Å². The molecule has 0 amide bonds. The van der Waals surface area contributed by atoms with Crippen molar-refractivity contribution in [3.8, 4) is 21.7 Å². The standard InChI is InChI=1S/C23H24N2S/c1-16-13-22(26-15-16)23-19(9-5-6-12-24)20-14-18(10-11-21(20)25-23)17-7-3-2-4-8-17/h2-4,7-8,10-11,13-15,25H,5-6,9,12,24H2,1H3. The molecule has 0 aliphatic carbocycles. The first-order valence-corrected chi connectivity index (χ1v) is 10.1. The summed E-state index contributed by atoms with van der Waals surface area (Å²) in [5, 5.41) is 3.56. The Bertz CT molecular complexity index is 1010. The van der Waals surface area contributed by atoms with E-state index in [0.29, 0.717) is 0 Å². The van der Waals surface area contributed by atoms with E-state index in [4.69, 9.17) is 5.73 Å². The molecule has 2 heterocycles. The van der Waals surface area contributed by atoms with Gasteiger partial charge in [-0.25, -0.2) is 0 Å². The van der Waals surface area contributed by atoms with Gasteiger partial charge in [0.1, 0.15) is 0 Å². The molecule has 0 aliphatic heterocycles. The summed E-state index contributed by atoms with van der Waals surface area (Å²) in [4.78, 5) is 5.00.